The highest BCUT2D eigenvalue weighted by molar-refractivity contribution is 6.00. The van der Waals surface area contributed by atoms with Crippen LogP contribution in [-0.2, 0) is 0 Å². The molecule has 0 fully saturated rings. The lowest BCUT2D eigenvalue weighted by Gasteiger charge is -2.01. The molecule has 3 aromatic rings. The highest BCUT2D eigenvalue weighted by atomic mass is 16.2. The molecule has 0 aliphatic heterocycles. The van der Waals surface area contributed by atoms with Crippen LogP contribution in [0.25, 0.3) is 10.8 Å². The van der Waals surface area contributed by atoms with Crippen molar-refractivity contribution in [2.45, 2.75) is 0 Å². The third kappa shape index (κ3) is 2.44. The number of carbonyl (C=O) groups is 1. The van der Waals surface area contributed by atoms with Crippen LogP contribution in [0.2, 0.25) is 0 Å². The number of benzene rings is 2. The highest BCUT2D eigenvalue weighted by Gasteiger charge is 2.03. The first-order valence-corrected chi connectivity index (χ1v) is 6.29. The number of rotatable bonds is 3. The Morgan fingerprint density at radius 2 is 1.90 bits per heavy atom. The van der Waals surface area contributed by atoms with E-state index in [1.165, 1.54) is 0 Å². The molecule has 0 spiro atoms. The molecule has 0 saturated carbocycles. The predicted molar refractivity (Wildman–Crippen MR) is 79.8 cm³/mol. The van der Waals surface area contributed by atoms with E-state index in [4.69, 9.17) is 0 Å². The Labute approximate surface area is 116 Å². The van der Waals surface area contributed by atoms with E-state index in [0.717, 1.165) is 16.3 Å². The van der Waals surface area contributed by atoms with Crippen LogP contribution in [0, 0.1) is 0 Å². The van der Waals surface area contributed by atoms with Gasteiger partial charge in [0, 0.05) is 11.8 Å². The maximum Gasteiger partial charge on any atom is 0.287 e. The van der Waals surface area contributed by atoms with Crippen LogP contribution in [0.5, 0.6) is 0 Å². The van der Waals surface area contributed by atoms with Crippen molar-refractivity contribution in [3.8, 4) is 0 Å². The number of carbonyl (C=O) groups excluding carboxylic acids is 1. The summed E-state index contributed by atoms with van der Waals surface area (Å²) in [5, 5.41) is 6.25. The SMILES string of the molecule is O=C(N/N=C\c1cccc2ccccc12)c1ccc[nH]1. The van der Waals surface area contributed by atoms with Gasteiger partial charge >= 0.3 is 0 Å². The van der Waals surface area contributed by atoms with Crippen molar-refractivity contribution < 1.29 is 4.79 Å². The standard InChI is InChI=1S/C16H13N3O/c20-16(15-9-4-10-17-15)19-18-11-13-7-3-6-12-5-1-2-8-14(12)13/h1-11,17H,(H,19,20)/b18-11-. The average molecular weight is 263 g/mol. The van der Waals surface area contributed by atoms with Crippen molar-refractivity contribution in [1.29, 1.82) is 0 Å². The van der Waals surface area contributed by atoms with Gasteiger partial charge in [-0.1, -0.05) is 42.5 Å². The summed E-state index contributed by atoms with van der Waals surface area (Å²) in [7, 11) is 0. The smallest absolute Gasteiger partial charge is 0.287 e. The second-order valence-corrected chi connectivity index (χ2v) is 4.35. The van der Waals surface area contributed by atoms with Crippen LogP contribution in [0.4, 0.5) is 0 Å². The molecule has 0 bridgehead atoms. The number of aromatic amines is 1. The van der Waals surface area contributed by atoms with Gasteiger partial charge in [-0.15, -0.1) is 0 Å². The lowest BCUT2D eigenvalue weighted by molar-refractivity contribution is 0.0951. The number of H-pyrrole nitrogens is 1. The Morgan fingerprint density at radius 3 is 2.75 bits per heavy atom. The Balaban J connectivity index is 1.79. The van der Waals surface area contributed by atoms with Crippen molar-refractivity contribution in [3.63, 3.8) is 0 Å². The summed E-state index contributed by atoms with van der Waals surface area (Å²) in [6.07, 6.45) is 3.35. The molecule has 1 amide bonds. The van der Waals surface area contributed by atoms with E-state index in [1.54, 1.807) is 24.5 Å². The highest BCUT2D eigenvalue weighted by Crippen LogP contribution is 2.16. The van der Waals surface area contributed by atoms with Gasteiger partial charge < -0.3 is 4.98 Å². The zero-order valence-electron chi connectivity index (χ0n) is 10.7. The van der Waals surface area contributed by atoms with Gasteiger partial charge in [0.15, 0.2) is 0 Å². The molecule has 2 aromatic carbocycles. The molecule has 0 atom stereocenters. The summed E-state index contributed by atoms with van der Waals surface area (Å²) in [5.41, 5.74) is 3.95. The van der Waals surface area contributed by atoms with E-state index in [0.29, 0.717) is 5.69 Å². The molecule has 98 valence electrons. The molecule has 20 heavy (non-hydrogen) atoms. The number of hydrogen-bond donors (Lipinski definition) is 2. The predicted octanol–water partition coefficient (Wildman–Crippen LogP) is 2.93. The monoisotopic (exact) mass is 263 g/mol. The molecule has 3 rings (SSSR count). The normalized spacial score (nSPS) is 11.0. The Kier molecular flexibility index (Phi) is 3.29. The van der Waals surface area contributed by atoms with E-state index in [9.17, 15) is 4.79 Å². The lowest BCUT2D eigenvalue weighted by atomic mass is 10.1. The molecular weight excluding hydrogens is 250 g/mol. The minimum atomic E-state index is -0.258. The minimum Gasteiger partial charge on any atom is -0.357 e. The van der Waals surface area contributed by atoms with Crippen molar-refractivity contribution in [2.24, 2.45) is 5.10 Å². The van der Waals surface area contributed by atoms with Crippen LogP contribution in [0.3, 0.4) is 0 Å². The maximum atomic E-state index is 11.7. The van der Waals surface area contributed by atoms with Crippen molar-refractivity contribution >= 4 is 22.9 Å². The third-order valence-corrected chi connectivity index (χ3v) is 3.04. The number of hydrogen-bond acceptors (Lipinski definition) is 2. The summed E-state index contributed by atoms with van der Waals surface area (Å²) in [6.45, 7) is 0. The van der Waals surface area contributed by atoms with E-state index in [1.807, 2.05) is 42.5 Å². The van der Waals surface area contributed by atoms with Crippen LogP contribution in [0.1, 0.15) is 16.1 Å². The largest absolute Gasteiger partial charge is 0.357 e. The molecule has 0 aliphatic rings. The number of aromatic nitrogens is 1. The summed E-state index contributed by atoms with van der Waals surface area (Å²) in [5.74, 6) is -0.258. The molecule has 2 N–H and O–H groups in total. The first-order valence-electron chi connectivity index (χ1n) is 6.29. The Morgan fingerprint density at radius 1 is 1.05 bits per heavy atom. The zero-order valence-corrected chi connectivity index (χ0v) is 10.7. The van der Waals surface area contributed by atoms with Gasteiger partial charge in [0.25, 0.3) is 5.91 Å². The molecule has 0 radical (unpaired) electrons. The quantitative estimate of drug-likeness (QED) is 0.554. The summed E-state index contributed by atoms with van der Waals surface area (Å²) in [6, 6.07) is 17.5. The molecule has 1 aromatic heterocycles. The second kappa shape index (κ2) is 5.40. The van der Waals surface area contributed by atoms with Gasteiger partial charge in [0.05, 0.1) is 6.21 Å². The molecule has 1 heterocycles. The van der Waals surface area contributed by atoms with E-state index in [2.05, 4.69) is 15.5 Å². The Hall–Kier alpha value is -2.88. The lowest BCUT2D eigenvalue weighted by Crippen LogP contribution is -2.17. The van der Waals surface area contributed by atoms with Gasteiger partial charge in [-0.25, -0.2) is 5.43 Å². The van der Waals surface area contributed by atoms with Gasteiger partial charge in [-0.2, -0.15) is 5.10 Å². The fraction of sp³-hybridized carbons (Fsp3) is 0. The first kappa shape index (κ1) is 12.2. The van der Waals surface area contributed by atoms with Crippen molar-refractivity contribution in [3.05, 3.63) is 72.1 Å². The van der Waals surface area contributed by atoms with Crippen LogP contribution < -0.4 is 5.43 Å². The molecule has 0 aliphatic carbocycles. The fourth-order valence-electron chi connectivity index (χ4n) is 2.06. The van der Waals surface area contributed by atoms with Gasteiger partial charge in [-0.3, -0.25) is 4.79 Å². The van der Waals surface area contributed by atoms with Crippen molar-refractivity contribution in [1.82, 2.24) is 10.4 Å². The second-order valence-electron chi connectivity index (χ2n) is 4.35. The van der Waals surface area contributed by atoms with Crippen LogP contribution in [0.15, 0.2) is 65.9 Å². The van der Waals surface area contributed by atoms with Gasteiger partial charge in [0.2, 0.25) is 0 Å². The fourth-order valence-corrected chi connectivity index (χ4v) is 2.06. The maximum absolute atomic E-state index is 11.7. The third-order valence-electron chi connectivity index (χ3n) is 3.04. The number of nitrogens with one attached hydrogen (secondary N) is 2. The Bertz CT molecular complexity index is 755. The van der Waals surface area contributed by atoms with E-state index in [-0.39, 0.29) is 5.91 Å². The van der Waals surface area contributed by atoms with Gasteiger partial charge in [0.1, 0.15) is 5.69 Å². The summed E-state index contributed by atoms with van der Waals surface area (Å²) < 4.78 is 0. The molecule has 0 unspecified atom stereocenters. The average Bonchev–Trinajstić information content (AvgIpc) is 3.02. The van der Waals surface area contributed by atoms with E-state index >= 15 is 0 Å². The number of fused-ring (bicyclic) bond motifs is 1. The van der Waals surface area contributed by atoms with Gasteiger partial charge in [-0.05, 0) is 22.9 Å². The van der Waals surface area contributed by atoms with E-state index < -0.39 is 0 Å². The number of amides is 1. The van der Waals surface area contributed by atoms with Crippen molar-refractivity contribution in [2.75, 3.05) is 0 Å². The first-order chi connectivity index (χ1) is 9.84. The molecular formula is C16H13N3O. The molecule has 4 nitrogen and oxygen atoms in total. The topological polar surface area (TPSA) is 57.2 Å². The summed E-state index contributed by atoms with van der Waals surface area (Å²) in [4.78, 5) is 14.5. The minimum absolute atomic E-state index is 0.258. The molecule has 4 heteroatoms. The summed E-state index contributed by atoms with van der Waals surface area (Å²) >= 11 is 0. The van der Waals surface area contributed by atoms with Crippen LogP contribution >= 0.6 is 0 Å². The number of hydrazone groups is 1. The zero-order chi connectivity index (χ0) is 13.8. The molecule has 0 saturated heterocycles. The number of nitrogens with zero attached hydrogens (tertiary/aromatic N) is 1. The van der Waals surface area contributed by atoms with Crippen LogP contribution in [-0.4, -0.2) is 17.1 Å².